The zero-order valence-electron chi connectivity index (χ0n) is 18.7. The van der Waals surface area contributed by atoms with Crippen LogP contribution in [0.4, 0.5) is 5.95 Å². The van der Waals surface area contributed by atoms with Gasteiger partial charge in [-0.25, -0.2) is 4.98 Å². The summed E-state index contributed by atoms with van der Waals surface area (Å²) in [5, 5.41) is 16.2. The van der Waals surface area contributed by atoms with Crippen LogP contribution in [-0.2, 0) is 11.3 Å². The van der Waals surface area contributed by atoms with Crippen LogP contribution in [0.2, 0.25) is 0 Å². The lowest BCUT2D eigenvalue weighted by Gasteiger charge is -2.36. The SMILES string of the molecule is N#Cc1cccc(-c2cc(CNC(=O)C(C3CC3)[C@@H]3CCCN(c4nccc(=O)[nH]4)C3)on2)c1. The molecule has 1 saturated carbocycles. The van der Waals surface area contributed by atoms with Crippen LogP contribution in [0.5, 0.6) is 0 Å². The average Bonchev–Trinajstić information content (AvgIpc) is 3.58. The van der Waals surface area contributed by atoms with Gasteiger partial charge < -0.3 is 14.7 Å². The van der Waals surface area contributed by atoms with Crippen LogP contribution in [0.1, 0.15) is 37.0 Å². The lowest BCUT2D eigenvalue weighted by atomic mass is 9.81. The Morgan fingerprint density at radius 1 is 1.26 bits per heavy atom. The number of hydrogen-bond donors (Lipinski definition) is 2. The highest BCUT2D eigenvalue weighted by molar-refractivity contribution is 5.79. The highest BCUT2D eigenvalue weighted by atomic mass is 16.5. The molecule has 2 atom stereocenters. The zero-order chi connectivity index (χ0) is 23.5. The number of piperidine rings is 1. The van der Waals surface area contributed by atoms with Gasteiger partial charge in [-0.05, 0) is 49.7 Å². The minimum absolute atomic E-state index is 0.0355. The Bertz CT molecular complexity index is 1270. The zero-order valence-corrected chi connectivity index (χ0v) is 18.7. The number of anilines is 1. The number of carbonyl (C=O) groups excluding carboxylic acids is 1. The summed E-state index contributed by atoms with van der Waals surface area (Å²) in [6, 6.07) is 12.5. The number of carbonyl (C=O) groups is 1. The molecule has 2 N–H and O–H groups in total. The second-order valence-electron chi connectivity index (χ2n) is 9.06. The van der Waals surface area contributed by atoms with Crippen molar-refractivity contribution in [2.24, 2.45) is 17.8 Å². The van der Waals surface area contributed by atoms with Crippen molar-refractivity contribution in [3.8, 4) is 17.3 Å². The molecule has 0 radical (unpaired) electrons. The topological polar surface area (TPSA) is 128 Å². The number of aromatic amines is 1. The third kappa shape index (κ3) is 4.86. The summed E-state index contributed by atoms with van der Waals surface area (Å²) < 4.78 is 5.43. The Hall–Kier alpha value is -3.93. The highest BCUT2D eigenvalue weighted by Gasteiger charge is 2.42. The van der Waals surface area contributed by atoms with Crippen molar-refractivity contribution in [3.05, 3.63) is 64.3 Å². The number of nitriles is 1. The molecule has 174 valence electrons. The largest absolute Gasteiger partial charge is 0.359 e. The summed E-state index contributed by atoms with van der Waals surface area (Å²) in [7, 11) is 0. The van der Waals surface area contributed by atoms with Crippen LogP contribution in [0.25, 0.3) is 11.3 Å². The smallest absolute Gasteiger partial charge is 0.252 e. The van der Waals surface area contributed by atoms with E-state index < -0.39 is 0 Å². The van der Waals surface area contributed by atoms with E-state index >= 15 is 0 Å². The van der Waals surface area contributed by atoms with Gasteiger partial charge in [0.1, 0.15) is 5.69 Å². The standard InChI is InChI=1S/C25H26N6O3/c26-13-16-3-1-4-18(11-16)21-12-20(34-30-21)14-28-24(33)23(17-6-7-17)19-5-2-10-31(15-19)25-27-9-8-22(32)29-25/h1,3-4,8-9,11-12,17,19,23H,2,5-7,10,14-15H2,(H,28,33)(H,27,29,32)/t19-,23?/m1/s1. The van der Waals surface area contributed by atoms with Crippen molar-refractivity contribution >= 4 is 11.9 Å². The summed E-state index contributed by atoms with van der Waals surface area (Å²) in [5.74, 6) is 1.69. The van der Waals surface area contributed by atoms with E-state index in [9.17, 15) is 9.59 Å². The van der Waals surface area contributed by atoms with Gasteiger partial charge in [0.25, 0.3) is 5.56 Å². The Balaban J connectivity index is 1.24. The second kappa shape index (κ2) is 9.51. The number of H-pyrrole nitrogens is 1. The molecule has 1 aliphatic carbocycles. The fourth-order valence-corrected chi connectivity index (χ4v) is 4.86. The van der Waals surface area contributed by atoms with Crippen LogP contribution in [0.15, 0.2) is 51.9 Å². The predicted molar refractivity (Wildman–Crippen MR) is 125 cm³/mol. The Morgan fingerprint density at radius 2 is 2.15 bits per heavy atom. The maximum absolute atomic E-state index is 13.3. The third-order valence-electron chi connectivity index (χ3n) is 6.64. The number of hydrogen-bond acceptors (Lipinski definition) is 7. The molecule has 1 unspecified atom stereocenters. The van der Waals surface area contributed by atoms with Gasteiger partial charge in [0.05, 0.1) is 18.2 Å². The van der Waals surface area contributed by atoms with Gasteiger partial charge in [-0.3, -0.25) is 14.6 Å². The average molecular weight is 459 g/mol. The Morgan fingerprint density at radius 3 is 2.94 bits per heavy atom. The van der Waals surface area contributed by atoms with Gasteiger partial charge in [0.15, 0.2) is 5.76 Å². The second-order valence-corrected chi connectivity index (χ2v) is 9.06. The van der Waals surface area contributed by atoms with Gasteiger partial charge >= 0.3 is 0 Å². The van der Waals surface area contributed by atoms with E-state index in [4.69, 9.17) is 9.78 Å². The lowest BCUT2D eigenvalue weighted by molar-refractivity contribution is -0.127. The molecule has 1 amide bonds. The monoisotopic (exact) mass is 458 g/mol. The summed E-state index contributed by atoms with van der Waals surface area (Å²) in [5.41, 5.74) is 1.81. The Kier molecular flexibility index (Phi) is 6.12. The molecule has 2 aliphatic rings. The van der Waals surface area contributed by atoms with Crippen LogP contribution in [-0.4, -0.2) is 34.1 Å². The van der Waals surface area contributed by atoms with Crippen molar-refractivity contribution < 1.29 is 9.32 Å². The highest BCUT2D eigenvalue weighted by Crippen LogP contribution is 2.43. The number of aromatic nitrogens is 3. The molecule has 1 aliphatic heterocycles. The van der Waals surface area contributed by atoms with E-state index in [1.54, 1.807) is 24.3 Å². The molecule has 2 fully saturated rings. The number of amides is 1. The quantitative estimate of drug-likeness (QED) is 0.557. The molecule has 9 heteroatoms. The van der Waals surface area contributed by atoms with Crippen molar-refractivity contribution in [3.63, 3.8) is 0 Å². The molecule has 0 spiro atoms. The van der Waals surface area contributed by atoms with Crippen LogP contribution < -0.4 is 15.8 Å². The summed E-state index contributed by atoms with van der Waals surface area (Å²) in [4.78, 5) is 34.1. The van der Waals surface area contributed by atoms with Gasteiger partial charge in [-0.15, -0.1) is 0 Å². The minimum atomic E-state index is -0.172. The molecule has 34 heavy (non-hydrogen) atoms. The van der Waals surface area contributed by atoms with Crippen molar-refractivity contribution in [2.45, 2.75) is 32.2 Å². The molecular weight excluding hydrogens is 432 g/mol. The number of rotatable bonds is 7. The molecule has 0 bridgehead atoms. The first-order valence-electron chi connectivity index (χ1n) is 11.6. The molecular formula is C25H26N6O3. The van der Waals surface area contributed by atoms with E-state index in [1.807, 2.05) is 6.07 Å². The minimum Gasteiger partial charge on any atom is -0.359 e. The molecule has 3 heterocycles. The maximum atomic E-state index is 13.3. The van der Waals surface area contributed by atoms with Gasteiger partial charge in [0.2, 0.25) is 11.9 Å². The van der Waals surface area contributed by atoms with Crippen molar-refractivity contribution in [2.75, 3.05) is 18.0 Å². The molecule has 1 saturated heterocycles. The van der Waals surface area contributed by atoms with Gasteiger partial charge in [-0.2, -0.15) is 5.26 Å². The van der Waals surface area contributed by atoms with E-state index in [1.165, 1.54) is 12.3 Å². The van der Waals surface area contributed by atoms with Crippen LogP contribution in [0, 0.1) is 29.1 Å². The Labute approximate surface area is 196 Å². The first kappa shape index (κ1) is 21.9. The predicted octanol–water partition coefficient (Wildman–Crippen LogP) is 2.86. The van der Waals surface area contributed by atoms with Crippen molar-refractivity contribution in [1.29, 1.82) is 5.26 Å². The molecule has 5 rings (SSSR count). The van der Waals surface area contributed by atoms with Crippen LogP contribution >= 0.6 is 0 Å². The summed E-state index contributed by atoms with van der Waals surface area (Å²) in [6.45, 7) is 1.77. The van der Waals surface area contributed by atoms with Crippen molar-refractivity contribution in [1.82, 2.24) is 20.4 Å². The third-order valence-corrected chi connectivity index (χ3v) is 6.64. The first-order chi connectivity index (χ1) is 16.6. The van der Waals surface area contributed by atoms with Gasteiger partial charge in [0, 0.05) is 42.9 Å². The van der Waals surface area contributed by atoms with E-state index in [0.717, 1.165) is 37.8 Å². The van der Waals surface area contributed by atoms with Gasteiger partial charge in [-0.1, -0.05) is 17.3 Å². The summed E-state index contributed by atoms with van der Waals surface area (Å²) >= 11 is 0. The summed E-state index contributed by atoms with van der Waals surface area (Å²) in [6.07, 6.45) is 5.58. The van der Waals surface area contributed by atoms with E-state index in [-0.39, 0.29) is 29.8 Å². The normalized spacial score (nSPS) is 18.8. The number of benzene rings is 1. The fourth-order valence-electron chi connectivity index (χ4n) is 4.86. The first-order valence-corrected chi connectivity index (χ1v) is 11.6. The molecule has 1 aromatic carbocycles. The van der Waals surface area contributed by atoms with E-state index in [0.29, 0.717) is 35.4 Å². The molecule has 2 aromatic heterocycles. The maximum Gasteiger partial charge on any atom is 0.252 e. The van der Waals surface area contributed by atoms with E-state index in [2.05, 4.69) is 31.4 Å². The number of nitrogens with zero attached hydrogens (tertiary/aromatic N) is 4. The van der Waals surface area contributed by atoms with Crippen LogP contribution in [0.3, 0.4) is 0 Å². The lowest BCUT2D eigenvalue weighted by Crippen LogP contribution is -2.45. The molecule has 9 nitrogen and oxygen atoms in total. The number of nitrogens with one attached hydrogen (secondary N) is 2. The fraction of sp³-hybridized carbons (Fsp3) is 0.400. The molecule has 3 aromatic rings.